The van der Waals surface area contributed by atoms with Crippen molar-refractivity contribution in [3.8, 4) is 5.75 Å². The zero-order chi connectivity index (χ0) is 15.8. The van der Waals surface area contributed by atoms with Crippen LogP contribution in [0.1, 0.15) is 18.1 Å². The van der Waals surface area contributed by atoms with Gasteiger partial charge in [-0.3, -0.25) is 4.79 Å². The van der Waals surface area contributed by atoms with E-state index in [1.165, 1.54) is 5.56 Å². The smallest absolute Gasteiger partial charge is 0.260 e. The van der Waals surface area contributed by atoms with Gasteiger partial charge in [-0.2, -0.15) is 0 Å². The van der Waals surface area contributed by atoms with Gasteiger partial charge >= 0.3 is 0 Å². The second-order valence-electron chi connectivity index (χ2n) is 5.09. The van der Waals surface area contributed by atoms with E-state index >= 15 is 0 Å². The SMILES string of the molecule is CC(Oc1cccc(CO)c1)C(=O)NCCc1ccccc1. The fraction of sp³-hybridized carbons (Fsp3) is 0.278. The van der Waals surface area contributed by atoms with Crippen molar-refractivity contribution in [3.05, 3.63) is 65.7 Å². The van der Waals surface area contributed by atoms with E-state index in [-0.39, 0.29) is 12.5 Å². The second kappa shape index (κ2) is 8.20. The summed E-state index contributed by atoms with van der Waals surface area (Å²) in [6, 6.07) is 17.1. The molecule has 2 N–H and O–H groups in total. The van der Waals surface area contributed by atoms with Crippen LogP contribution in [0.2, 0.25) is 0 Å². The lowest BCUT2D eigenvalue weighted by atomic mass is 10.1. The highest BCUT2D eigenvalue weighted by atomic mass is 16.5. The zero-order valence-corrected chi connectivity index (χ0v) is 12.7. The molecule has 0 spiro atoms. The summed E-state index contributed by atoms with van der Waals surface area (Å²) in [7, 11) is 0. The first-order valence-corrected chi connectivity index (χ1v) is 7.37. The maximum Gasteiger partial charge on any atom is 0.260 e. The first-order valence-electron chi connectivity index (χ1n) is 7.37. The van der Waals surface area contributed by atoms with Gasteiger partial charge in [0.2, 0.25) is 0 Å². The van der Waals surface area contributed by atoms with Gasteiger partial charge in [0.05, 0.1) is 6.61 Å². The number of nitrogens with one attached hydrogen (secondary N) is 1. The predicted octanol–water partition coefficient (Wildman–Crippen LogP) is 2.31. The van der Waals surface area contributed by atoms with Crippen molar-refractivity contribution >= 4 is 5.91 Å². The van der Waals surface area contributed by atoms with E-state index < -0.39 is 6.10 Å². The number of benzene rings is 2. The summed E-state index contributed by atoms with van der Waals surface area (Å²) in [5, 5.41) is 12.0. The van der Waals surface area contributed by atoms with E-state index in [1.54, 1.807) is 31.2 Å². The zero-order valence-electron chi connectivity index (χ0n) is 12.7. The van der Waals surface area contributed by atoms with Crippen molar-refractivity contribution in [1.82, 2.24) is 5.32 Å². The molecule has 1 unspecified atom stereocenters. The van der Waals surface area contributed by atoms with E-state index in [0.717, 1.165) is 12.0 Å². The normalized spacial score (nSPS) is 11.7. The van der Waals surface area contributed by atoms with E-state index in [9.17, 15) is 4.79 Å². The lowest BCUT2D eigenvalue weighted by Gasteiger charge is -2.15. The van der Waals surface area contributed by atoms with Crippen molar-refractivity contribution in [3.63, 3.8) is 0 Å². The molecular formula is C18H21NO3. The second-order valence-corrected chi connectivity index (χ2v) is 5.09. The molecule has 0 radical (unpaired) electrons. The third kappa shape index (κ3) is 4.90. The molecule has 0 bridgehead atoms. The first-order chi connectivity index (χ1) is 10.7. The van der Waals surface area contributed by atoms with Crippen LogP contribution < -0.4 is 10.1 Å². The summed E-state index contributed by atoms with van der Waals surface area (Å²) in [5.41, 5.74) is 1.95. The Bertz CT molecular complexity index is 598. The molecule has 116 valence electrons. The fourth-order valence-electron chi connectivity index (χ4n) is 2.09. The van der Waals surface area contributed by atoms with Crippen LogP contribution in [0.15, 0.2) is 54.6 Å². The van der Waals surface area contributed by atoms with E-state index in [0.29, 0.717) is 12.3 Å². The number of hydrogen-bond acceptors (Lipinski definition) is 3. The minimum Gasteiger partial charge on any atom is -0.481 e. The Morgan fingerprint density at radius 3 is 2.59 bits per heavy atom. The number of amides is 1. The average molecular weight is 299 g/mol. The van der Waals surface area contributed by atoms with Gasteiger partial charge in [0.15, 0.2) is 6.10 Å². The van der Waals surface area contributed by atoms with Crippen molar-refractivity contribution in [2.75, 3.05) is 6.54 Å². The molecule has 2 rings (SSSR count). The van der Waals surface area contributed by atoms with Gasteiger partial charge in [0.25, 0.3) is 5.91 Å². The Kier molecular flexibility index (Phi) is 5.98. The van der Waals surface area contributed by atoms with Crippen molar-refractivity contribution in [2.24, 2.45) is 0 Å². The molecule has 0 aliphatic heterocycles. The van der Waals surface area contributed by atoms with Crippen LogP contribution in [0.25, 0.3) is 0 Å². The van der Waals surface area contributed by atoms with E-state index in [4.69, 9.17) is 9.84 Å². The molecule has 0 fully saturated rings. The molecule has 4 heteroatoms. The Morgan fingerprint density at radius 1 is 1.14 bits per heavy atom. The molecular weight excluding hydrogens is 278 g/mol. The number of aliphatic hydroxyl groups excluding tert-OH is 1. The Balaban J connectivity index is 1.79. The third-order valence-corrected chi connectivity index (χ3v) is 3.32. The minimum atomic E-state index is -0.579. The molecule has 1 atom stereocenters. The lowest BCUT2D eigenvalue weighted by Crippen LogP contribution is -2.37. The van der Waals surface area contributed by atoms with Gasteiger partial charge < -0.3 is 15.2 Å². The van der Waals surface area contributed by atoms with Crippen LogP contribution in [-0.2, 0) is 17.8 Å². The molecule has 0 aliphatic carbocycles. The van der Waals surface area contributed by atoms with E-state index in [2.05, 4.69) is 5.32 Å². The molecule has 22 heavy (non-hydrogen) atoms. The summed E-state index contributed by atoms with van der Waals surface area (Å²) in [4.78, 5) is 12.0. The number of carbonyl (C=O) groups excluding carboxylic acids is 1. The average Bonchev–Trinajstić information content (AvgIpc) is 2.56. The van der Waals surface area contributed by atoms with Crippen molar-refractivity contribution in [1.29, 1.82) is 0 Å². The van der Waals surface area contributed by atoms with Crippen LogP contribution in [0.4, 0.5) is 0 Å². The molecule has 2 aromatic carbocycles. The highest BCUT2D eigenvalue weighted by Gasteiger charge is 2.14. The maximum absolute atomic E-state index is 12.0. The molecule has 0 aromatic heterocycles. The topological polar surface area (TPSA) is 58.6 Å². The summed E-state index contributed by atoms with van der Waals surface area (Å²) in [6.45, 7) is 2.24. The summed E-state index contributed by atoms with van der Waals surface area (Å²) >= 11 is 0. The quantitative estimate of drug-likeness (QED) is 0.825. The minimum absolute atomic E-state index is 0.0468. The van der Waals surface area contributed by atoms with Crippen LogP contribution in [-0.4, -0.2) is 23.7 Å². The summed E-state index contributed by atoms with van der Waals surface area (Å²) in [5.74, 6) is 0.433. The molecule has 0 saturated heterocycles. The maximum atomic E-state index is 12.0. The van der Waals surface area contributed by atoms with Gasteiger partial charge in [0, 0.05) is 6.54 Å². The third-order valence-electron chi connectivity index (χ3n) is 3.32. The highest BCUT2D eigenvalue weighted by Crippen LogP contribution is 2.15. The fourth-order valence-corrected chi connectivity index (χ4v) is 2.09. The molecule has 1 amide bonds. The lowest BCUT2D eigenvalue weighted by molar-refractivity contribution is -0.127. The monoisotopic (exact) mass is 299 g/mol. The van der Waals surface area contributed by atoms with Crippen LogP contribution in [0.3, 0.4) is 0 Å². The molecule has 0 heterocycles. The standard InChI is InChI=1S/C18H21NO3/c1-14(22-17-9-5-8-16(12-17)13-20)18(21)19-11-10-15-6-3-2-4-7-15/h2-9,12,14,20H,10-11,13H2,1H3,(H,19,21). The Labute approximate surface area is 130 Å². The molecule has 4 nitrogen and oxygen atoms in total. The van der Waals surface area contributed by atoms with Gasteiger partial charge in [-0.05, 0) is 36.6 Å². The van der Waals surface area contributed by atoms with E-state index in [1.807, 2.05) is 30.3 Å². The highest BCUT2D eigenvalue weighted by molar-refractivity contribution is 5.80. The van der Waals surface area contributed by atoms with Gasteiger partial charge in [-0.25, -0.2) is 0 Å². The number of hydrogen-bond donors (Lipinski definition) is 2. The molecule has 0 saturated carbocycles. The number of carbonyl (C=O) groups is 1. The first kappa shape index (κ1) is 16.0. The van der Waals surface area contributed by atoms with Gasteiger partial charge in [-0.15, -0.1) is 0 Å². The van der Waals surface area contributed by atoms with Crippen LogP contribution in [0.5, 0.6) is 5.75 Å². The Morgan fingerprint density at radius 2 is 1.86 bits per heavy atom. The Hall–Kier alpha value is -2.33. The van der Waals surface area contributed by atoms with Gasteiger partial charge in [-0.1, -0.05) is 42.5 Å². The summed E-state index contributed by atoms with van der Waals surface area (Å²) < 4.78 is 5.60. The predicted molar refractivity (Wildman–Crippen MR) is 85.6 cm³/mol. The molecule has 0 aliphatic rings. The van der Waals surface area contributed by atoms with Gasteiger partial charge in [0.1, 0.15) is 5.75 Å². The number of rotatable bonds is 7. The van der Waals surface area contributed by atoms with Crippen LogP contribution in [0, 0.1) is 0 Å². The van der Waals surface area contributed by atoms with Crippen molar-refractivity contribution < 1.29 is 14.6 Å². The number of aliphatic hydroxyl groups is 1. The summed E-state index contributed by atoms with van der Waals surface area (Å²) in [6.07, 6.45) is 0.212. The molecule has 2 aromatic rings. The van der Waals surface area contributed by atoms with Crippen molar-refractivity contribution in [2.45, 2.75) is 26.1 Å². The number of ether oxygens (including phenoxy) is 1. The van der Waals surface area contributed by atoms with Crippen LogP contribution >= 0.6 is 0 Å². The largest absolute Gasteiger partial charge is 0.481 e.